The topological polar surface area (TPSA) is 66.5 Å². The molecular formula is C17H19BrN2O3S2. The Balaban J connectivity index is 1.61. The molecule has 0 saturated carbocycles. The van der Waals surface area contributed by atoms with E-state index in [2.05, 4.69) is 21.2 Å². The van der Waals surface area contributed by atoms with Gasteiger partial charge in [-0.15, -0.1) is 11.3 Å². The zero-order valence-electron chi connectivity index (χ0n) is 13.7. The average Bonchev–Trinajstić information content (AvgIpc) is 3.02. The van der Waals surface area contributed by atoms with Crippen LogP contribution in [0.4, 0.5) is 5.69 Å². The number of carbonyl (C=O) groups is 1. The molecule has 1 aliphatic rings. The molecule has 5 nitrogen and oxygen atoms in total. The van der Waals surface area contributed by atoms with E-state index >= 15 is 0 Å². The van der Waals surface area contributed by atoms with Crippen molar-refractivity contribution in [3.63, 3.8) is 0 Å². The van der Waals surface area contributed by atoms with Crippen molar-refractivity contribution in [1.82, 2.24) is 4.31 Å². The first-order valence-corrected chi connectivity index (χ1v) is 11.0. The second-order valence-electron chi connectivity index (χ2n) is 6.10. The van der Waals surface area contributed by atoms with Gasteiger partial charge in [0.25, 0.3) is 10.0 Å². The maximum atomic E-state index is 12.6. The first kappa shape index (κ1) is 18.6. The van der Waals surface area contributed by atoms with Gasteiger partial charge in [0.05, 0.1) is 3.79 Å². The van der Waals surface area contributed by atoms with Gasteiger partial charge in [-0.25, -0.2) is 8.42 Å². The molecule has 3 rings (SSSR count). The zero-order chi connectivity index (χ0) is 18.0. The molecule has 1 fully saturated rings. The van der Waals surface area contributed by atoms with E-state index in [4.69, 9.17) is 0 Å². The number of nitrogens with zero attached hydrogens (tertiary/aromatic N) is 1. The number of hydrogen-bond acceptors (Lipinski definition) is 4. The van der Waals surface area contributed by atoms with E-state index in [9.17, 15) is 13.2 Å². The monoisotopic (exact) mass is 442 g/mol. The van der Waals surface area contributed by atoms with Crippen LogP contribution in [-0.4, -0.2) is 31.7 Å². The SMILES string of the molecule is Cc1cccc(NC(=O)C2CCN(S(=O)(=O)c3ccc(Br)s3)CC2)c1. The van der Waals surface area contributed by atoms with Crippen LogP contribution in [0, 0.1) is 12.8 Å². The van der Waals surface area contributed by atoms with Crippen molar-refractivity contribution in [1.29, 1.82) is 0 Å². The van der Waals surface area contributed by atoms with Crippen LogP contribution in [0.25, 0.3) is 0 Å². The minimum atomic E-state index is -3.46. The van der Waals surface area contributed by atoms with Gasteiger partial charge in [-0.3, -0.25) is 4.79 Å². The van der Waals surface area contributed by atoms with E-state index in [0.29, 0.717) is 30.1 Å². The van der Waals surface area contributed by atoms with Gasteiger partial charge in [-0.05, 0) is 65.5 Å². The maximum absolute atomic E-state index is 12.6. The quantitative estimate of drug-likeness (QED) is 0.781. The van der Waals surface area contributed by atoms with Gasteiger partial charge in [0.15, 0.2) is 0 Å². The summed E-state index contributed by atoms with van der Waals surface area (Å²) in [5.41, 5.74) is 1.87. The highest BCUT2D eigenvalue weighted by Gasteiger charge is 2.32. The first-order valence-electron chi connectivity index (χ1n) is 7.99. The van der Waals surface area contributed by atoms with E-state index in [1.165, 1.54) is 15.6 Å². The molecule has 0 spiro atoms. The predicted octanol–water partition coefficient (Wildman–Crippen LogP) is 3.86. The lowest BCUT2D eigenvalue weighted by atomic mass is 9.97. The molecule has 1 saturated heterocycles. The van der Waals surface area contributed by atoms with Gasteiger partial charge in [0.2, 0.25) is 5.91 Å². The molecule has 0 atom stereocenters. The van der Waals surface area contributed by atoms with E-state index in [-0.39, 0.29) is 11.8 Å². The Morgan fingerprint density at radius 2 is 1.96 bits per heavy atom. The van der Waals surface area contributed by atoms with Gasteiger partial charge >= 0.3 is 0 Å². The molecular weight excluding hydrogens is 424 g/mol. The molecule has 2 aromatic rings. The van der Waals surface area contributed by atoms with E-state index in [1.807, 2.05) is 31.2 Å². The Labute approximate surface area is 160 Å². The number of halogens is 1. The molecule has 134 valence electrons. The first-order chi connectivity index (χ1) is 11.9. The fourth-order valence-corrected chi connectivity index (χ4v) is 6.52. The molecule has 1 aromatic heterocycles. The smallest absolute Gasteiger partial charge is 0.252 e. The van der Waals surface area contributed by atoms with Gasteiger partial charge in [-0.2, -0.15) is 4.31 Å². The lowest BCUT2D eigenvalue weighted by Crippen LogP contribution is -2.41. The number of thiophene rings is 1. The summed E-state index contributed by atoms with van der Waals surface area (Å²) in [6, 6.07) is 11.0. The molecule has 0 radical (unpaired) electrons. The van der Waals surface area contributed by atoms with Gasteiger partial charge in [0.1, 0.15) is 4.21 Å². The number of sulfonamides is 1. The second kappa shape index (κ2) is 7.57. The van der Waals surface area contributed by atoms with Crippen molar-refractivity contribution in [3.8, 4) is 0 Å². The Morgan fingerprint density at radius 1 is 1.24 bits per heavy atom. The van der Waals surface area contributed by atoms with Gasteiger partial charge in [-0.1, -0.05) is 12.1 Å². The number of nitrogens with one attached hydrogen (secondary N) is 1. The number of anilines is 1. The van der Waals surface area contributed by atoms with Crippen LogP contribution in [0.3, 0.4) is 0 Å². The number of aryl methyl sites for hydroxylation is 1. The molecule has 0 unspecified atom stereocenters. The Bertz CT molecular complexity index is 872. The van der Waals surface area contributed by atoms with Crippen molar-refractivity contribution in [2.45, 2.75) is 24.0 Å². The van der Waals surface area contributed by atoms with Crippen LogP contribution in [0.2, 0.25) is 0 Å². The fraction of sp³-hybridized carbons (Fsp3) is 0.353. The number of benzene rings is 1. The number of carbonyl (C=O) groups excluding carboxylic acids is 1. The summed E-state index contributed by atoms with van der Waals surface area (Å²) in [5.74, 6) is -0.205. The summed E-state index contributed by atoms with van der Waals surface area (Å²) in [5, 5.41) is 2.93. The third-order valence-electron chi connectivity index (χ3n) is 4.25. The van der Waals surface area contributed by atoms with Crippen LogP contribution in [0.5, 0.6) is 0 Å². The van der Waals surface area contributed by atoms with Crippen molar-refractivity contribution < 1.29 is 13.2 Å². The third kappa shape index (κ3) is 4.31. The van der Waals surface area contributed by atoms with Gasteiger partial charge < -0.3 is 5.32 Å². The third-order valence-corrected chi connectivity index (χ3v) is 8.24. The summed E-state index contributed by atoms with van der Waals surface area (Å²) in [7, 11) is -3.46. The highest BCUT2D eigenvalue weighted by Crippen LogP contribution is 2.31. The maximum Gasteiger partial charge on any atom is 0.252 e. The molecule has 1 amide bonds. The lowest BCUT2D eigenvalue weighted by molar-refractivity contribution is -0.120. The van der Waals surface area contributed by atoms with Crippen LogP contribution >= 0.6 is 27.3 Å². The molecule has 8 heteroatoms. The Hall–Kier alpha value is -1.22. The standard InChI is InChI=1S/C17H19BrN2O3S2/c1-12-3-2-4-14(11-12)19-17(21)13-7-9-20(10-8-13)25(22,23)16-6-5-15(18)24-16/h2-6,11,13H,7-10H2,1H3,(H,19,21). The normalized spacial score (nSPS) is 16.7. The molecule has 1 aliphatic heterocycles. The number of piperidine rings is 1. The average molecular weight is 443 g/mol. The summed E-state index contributed by atoms with van der Waals surface area (Å²) in [6.45, 7) is 2.70. The van der Waals surface area contributed by atoms with E-state index < -0.39 is 10.0 Å². The van der Waals surface area contributed by atoms with Crippen molar-refractivity contribution >= 4 is 48.9 Å². The minimum Gasteiger partial charge on any atom is -0.326 e. The summed E-state index contributed by atoms with van der Waals surface area (Å²) < 4.78 is 27.8. The van der Waals surface area contributed by atoms with Gasteiger partial charge in [0, 0.05) is 24.7 Å². The zero-order valence-corrected chi connectivity index (χ0v) is 17.0. The molecule has 1 aromatic carbocycles. The van der Waals surface area contributed by atoms with Crippen LogP contribution in [0.1, 0.15) is 18.4 Å². The van der Waals surface area contributed by atoms with E-state index in [1.54, 1.807) is 12.1 Å². The lowest BCUT2D eigenvalue weighted by Gasteiger charge is -2.30. The number of rotatable bonds is 4. The molecule has 2 heterocycles. The fourth-order valence-electron chi connectivity index (χ4n) is 2.89. The van der Waals surface area contributed by atoms with Crippen LogP contribution in [-0.2, 0) is 14.8 Å². The van der Waals surface area contributed by atoms with Crippen molar-refractivity contribution in [2.24, 2.45) is 5.92 Å². The van der Waals surface area contributed by atoms with Crippen molar-refractivity contribution in [2.75, 3.05) is 18.4 Å². The Kier molecular flexibility index (Phi) is 5.62. The van der Waals surface area contributed by atoms with Crippen LogP contribution in [0.15, 0.2) is 44.4 Å². The number of hydrogen-bond donors (Lipinski definition) is 1. The summed E-state index contributed by atoms with van der Waals surface area (Å²) in [6.07, 6.45) is 1.06. The molecule has 0 aliphatic carbocycles. The van der Waals surface area contributed by atoms with E-state index in [0.717, 1.165) is 15.0 Å². The molecule has 0 bridgehead atoms. The number of amides is 1. The predicted molar refractivity (Wildman–Crippen MR) is 103 cm³/mol. The second-order valence-corrected chi connectivity index (χ2v) is 10.7. The highest BCUT2D eigenvalue weighted by molar-refractivity contribution is 9.11. The van der Waals surface area contributed by atoms with Crippen LogP contribution < -0.4 is 5.32 Å². The van der Waals surface area contributed by atoms with Crippen molar-refractivity contribution in [3.05, 3.63) is 45.7 Å². The highest BCUT2D eigenvalue weighted by atomic mass is 79.9. The summed E-state index contributed by atoms with van der Waals surface area (Å²) in [4.78, 5) is 12.4. The Morgan fingerprint density at radius 3 is 2.56 bits per heavy atom. The largest absolute Gasteiger partial charge is 0.326 e. The molecule has 25 heavy (non-hydrogen) atoms. The summed E-state index contributed by atoms with van der Waals surface area (Å²) >= 11 is 4.50. The minimum absolute atomic E-state index is 0.0403. The molecule has 1 N–H and O–H groups in total.